The average Bonchev–Trinajstić information content (AvgIpc) is 3.34. The molecule has 0 aliphatic carbocycles. The summed E-state index contributed by atoms with van der Waals surface area (Å²) in [5, 5.41) is 14.6. The first-order valence-corrected chi connectivity index (χ1v) is 10.1. The van der Waals surface area contributed by atoms with Crippen LogP contribution in [0.25, 0.3) is 21.7 Å². The lowest BCUT2D eigenvalue weighted by molar-refractivity contribution is 0.416. The summed E-state index contributed by atoms with van der Waals surface area (Å²) in [6.07, 6.45) is 3.67. The van der Waals surface area contributed by atoms with Crippen molar-refractivity contribution in [3.63, 3.8) is 0 Å². The van der Waals surface area contributed by atoms with Gasteiger partial charge in [-0.05, 0) is 50.1 Å². The molecule has 6 nitrogen and oxygen atoms in total. The molecule has 8 heteroatoms. The number of rotatable bonds is 3. The zero-order valence-corrected chi connectivity index (χ0v) is 16.1. The Morgan fingerprint density at radius 1 is 1.14 bits per heavy atom. The molecule has 0 N–H and O–H groups in total. The Morgan fingerprint density at radius 3 is 2.71 bits per heavy atom. The lowest BCUT2D eigenvalue weighted by Gasteiger charge is -2.31. The van der Waals surface area contributed by atoms with Gasteiger partial charge in [0, 0.05) is 35.5 Å². The predicted octanol–water partition coefficient (Wildman–Crippen LogP) is 4.57. The number of aromatic nitrogens is 4. The highest BCUT2D eigenvalue weighted by Crippen LogP contribution is 2.34. The van der Waals surface area contributed by atoms with Gasteiger partial charge in [-0.1, -0.05) is 5.16 Å². The SMILES string of the molecule is Cc1cnc(-c2ccc(N3CCC(c4noc5ccc(F)cc45)CC3)nn2)s1. The molecule has 1 aliphatic rings. The van der Waals surface area contributed by atoms with Crippen molar-refractivity contribution in [1.82, 2.24) is 20.3 Å². The first-order valence-electron chi connectivity index (χ1n) is 9.24. The third-order valence-electron chi connectivity index (χ3n) is 5.16. The number of nitrogens with zero attached hydrogens (tertiary/aromatic N) is 5. The van der Waals surface area contributed by atoms with Crippen LogP contribution < -0.4 is 4.90 Å². The van der Waals surface area contributed by atoms with E-state index in [-0.39, 0.29) is 11.7 Å². The summed E-state index contributed by atoms with van der Waals surface area (Å²) in [5.41, 5.74) is 2.29. The van der Waals surface area contributed by atoms with E-state index in [0.717, 1.165) is 58.4 Å². The summed E-state index contributed by atoms with van der Waals surface area (Å²) < 4.78 is 19.0. The minimum atomic E-state index is -0.264. The van der Waals surface area contributed by atoms with E-state index in [2.05, 4.69) is 25.2 Å². The molecule has 1 fully saturated rings. The minimum absolute atomic E-state index is 0.254. The number of hydrogen-bond donors (Lipinski definition) is 0. The molecule has 0 amide bonds. The normalized spacial score (nSPS) is 15.4. The van der Waals surface area contributed by atoms with Gasteiger partial charge in [0.05, 0.1) is 5.69 Å². The summed E-state index contributed by atoms with van der Waals surface area (Å²) in [6, 6.07) is 8.52. The standard InChI is InChI=1S/C20H18FN5OS/c1-12-11-22-20(28-12)16-3-5-18(24-23-16)26-8-6-13(7-9-26)19-15-10-14(21)2-4-17(15)27-25-19/h2-5,10-11,13H,6-9H2,1H3. The van der Waals surface area contributed by atoms with Gasteiger partial charge in [0.25, 0.3) is 0 Å². The van der Waals surface area contributed by atoms with Gasteiger partial charge in [-0.2, -0.15) is 0 Å². The second-order valence-corrected chi connectivity index (χ2v) is 8.26. The smallest absolute Gasteiger partial charge is 0.167 e. The van der Waals surface area contributed by atoms with Crippen LogP contribution in [0.15, 0.2) is 41.1 Å². The molecule has 5 rings (SSSR count). The van der Waals surface area contributed by atoms with Crippen LogP contribution in [0.2, 0.25) is 0 Å². The Hall–Kier alpha value is -2.87. The van der Waals surface area contributed by atoms with Crippen LogP contribution >= 0.6 is 11.3 Å². The highest BCUT2D eigenvalue weighted by atomic mass is 32.1. The first-order chi connectivity index (χ1) is 13.7. The molecule has 0 unspecified atom stereocenters. The molecule has 28 heavy (non-hydrogen) atoms. The number of fused-ring (bicyclic) bond motifs is 1. The van der Waals surface area contributed by atoms with E-state index in [1.165, 1.54) is 12.1 Å². The van der Waals surface area contributed by atoms with E-state index in [1.54, 1.807) is 17.4 Å². The fourth-order valence-electron chi connectivity index (χ4n) is 3.69. The van der Waals surface area contributed by atoms with E-state index in [0.29, 0.717) is 5.58 Å². The third-order valence-corrected chi connectivity index (χ3v) is 6.09. The van der Waals surface area contributed by atoms with Crippen LogP contribution in [0.4, 0.5) is 10.2 Å². The van der Waals surface area contributed by atoms with Crippen molar-refractivity contribution in [1.29, 1.82) is 0 Å². The molecule has 3 aromatic heterocycles. The van der Waals surface area contributed by atoms with Gasteiger partial charge in [0.2, 0.25) is 0 Å². The molecule has 0 saturated carbocycles. The van der Waals surface area contributed by atoms with E-state index >= 15 is 0 Å². The number of piperidine rings is 1. The topological polar surface area (TPSA) is 67.9 Å². The van der Waals surface area contributed by atoms with Crippen molar-refractivity contribution in [3.05, 3.63) is 52.9 Å². The van der Waals surface area contributed by atoms with Crippen LogP contribution in [0.3, 0.4) is 0 Å². The first kappa shape index (κ1) is 17.2. The fourth-order valence-corrected chi connectivity index (χ4v) is 4.42. The van der Waals surface area contributed by atoms with Crippen molar-refractivity contribution in [2.75, 3.05) is 18.0 Å². The van der Waals surface area contributed by atoms with Crippen molar-refractivity contribution < 1.29 is 8.91 Å². The third kappa shape index (κ3) is 3.13. The number of hydrogen-bond acceptors (Lipinski definition) is 7. The molecule has 142 valence electrons. The summed E-state index contributed by atoms with van der Waals surface area (Å²) >= 11 is 1.61. The monoisotopic (exact) mass is 395 g/mol. The van der Waals surface area contributed by atoms with Gasteiger partial charge in [0.15, 0.2) is 11.4 Å². The maximum absolute atomic E-state index is 13.6. The Morgan fingerprint density at radius 2 is 2.00 bits per heavy atom. The van der Waals surface area contributed by atoms with Crippen molar-refractivity contribution in [3.8, 4) is 10.7 Å². The van der Waals surface area contributed by atoms with Gasteiger partial charge in [-0.15, -0.1) is 21.5 Å². The summed E-state index contributed by atoms with van der Waals surface area (Å²) in [4.78, 5) is 7.74. The average molecular weight is 395 g/mol. The Balaban J connectivity index is 1.29. The number of anilines is 1. The Labute approximate surface area is 165 Å². The largest absolute Gasteiger partial charge is 0.356 e. The number of thiazole rings is 1. The molecular formula is C20H18FN5OS. The molecule has 1 aliphatic heterocycles. The summed E-state index contributed by atoms with van der Waals surface area (Å²) in [6.45, 7) is 3.72. The Kier molecular flexibility index (Phi) is 4.27. The van der Waals surface area contributed by atoms with Gasteiger partial charge in [0.1, 0.15) is 16.5 Å². The van der Waals surface area contributed by atoms with Crippen molar-refractivity contribution >= 4 is 28.1 Å². The molecule has 4 aromatic rings. The second kappa shape index (κ2) is 6.94. The minimum Gasteiger partial charge on any atom is -0.356 e. The molecule has 0 radical (unpaired) electrons. The highest BCUT2D eigenvalue weighted by Gasteiger charge is 2.26. The highest BCUT2D eigenvalue weighted by molar-refractivity contribution is 7.14. The molecule has 0 bridgehead atoms. The summed E-state index contributed by atoms with van der Waals surface area (Å²) in [5.74, 6) is 0.858. The molecule has 1 saturated heterocycles. The van der Waals surface area contributed by atoms with Gasteiger partial charge < -0.3 is 9.42 Å². The van der Waals surface area contributed by atoms with Crippen LogP contribution in [-0.2, 0) is 0 Å². The van der Waals surface area contributed by atoms with Crippen molar-refractivity contribution in [2.24, 2.45) is 0 Å². The molecule has 0 atom stereocenters. The van der Waals surface area contributed by atoms with Crippen LogP contribution in [-0.4, -0.2) is 33.4 Å². The quantitative estimate of drug-likeness (QED) is 0.506. The maximum Gasteiger partial charge on any atom is 0.167 e. The Bertz CT molecular complexity index is 1120. The van der Waals surface area contributed by atoms with Gasteiger partial charge in [-0.25, -0.2) is 9.37 Å². The van der Waals surface area contributed by atoms with Crippen molar-refractivity contribution in [2.45, 2.75) is 25.7 Å². The van der Waals surface area contributed by atoms with Crippen LogP contribution in [0.5, 0.6) is 0 Å². The van der Waals surface area contributed by atoms with Crippen LogP contribution in [0.1, 0.15) is 29.3 Å². The van der Waals surface area contributed by atoms with E-state index < -0.39 is 0 Å². The number of halogens is 1. The molecule has 0 spiro atoms. The number of aryl methyl sites for hydroxylation is 1. The van der Waals surface area contributed by atoms with Crippen LogP contribution in [0, 0.1) is 12.7 Å². The van der Waals surface area contributed by atoms with Gasteiger partial charge >= 0.3 is 0 Å². The van der Waals surface area contributed by atoms with Gasteiger partial charge in [-0.3, -0.25) is 0 Å². The molecule has 1 aromatic carbocycles. The zero-order valence-electron chi connectivity index (χ0n) is 15.3. The molecular weight excluding hydrogens is 377 g/mol. The fraction of sp³-hybridized carbons (Fsp3) is 0.300. The summed E-state index contributed by atoms with van der Waals surface area (Å²) in [7, 11) is 0. The van der Waals surface area contributed by atoms with E-state index in [4.69, 9.17) is 4.52 Å². The maximum atomic E-state index is 13.6. The molecule has 4 heterocycles. The van der Waals surface area contributed by atoms with E-state index in [9.17, 15) is 4.39 Å². The second-order valence-electron chi connectivity index (χ2n) is 7.02. The van der Waals surface area contributed by atoms with E-state index in [1.807, 2.05) is 25.3 Å². The zero-order chi connectivity index (χ0) is 19.1. The lowest BCUT2D eigenvalue weighted by Crippen LogP contribution is -2.33. The number of benzene rings is 1. The lowest BCUT2D eigenvalue weighted by atomic mass is 9.91. The predicted molar refractivity (Wildman–Crippen MR) is 106 cm³/mol.